The lowest BCUT2D eigenvalue weighted by Crippen LogP contribution is -2.21. The molecule has 0 aliphatic rings. The summed E-state index contributed by atoms with van der Waals surface area (Å²) in [4.78, 5) is 20.5. The van der Waals surface area contributed by atoms with Crippen LogP contribution < -0.4 is 5.32 Å². The van der Waals surface area contributed by atoms with Gasteiger partial charge in [0.2, 0.25) is 12.3 Å². The molecule has 0 aromatic rings. The zero-order valence-corrected chi connectivity index (χ0v) is 7.09. The maximum Gasteiger partial charge on any atom is 0.226 e. The Hall–Kier alpha value is -0.860. The van der Waals surface area contributed by atoms with Crippen LogP contribution in [0.5, 0.6) is 0 Å². The third-order valence-electron chi connectivity index (χ3n) is 1.78. The Morgan fingerprint density at radius 1 is 1.64 bits per heavy atom. The first-order valence-corrected chi connectivity index (χ1v) is 3.93. The molecule has 0 aromatic heterocycles. The third-order valence-corrected chi connectivity index (χ3v) is 1.78. The molecule has 64 valence electrons. The van der Waals surface area contributed by atoms with Crippen LogP contribution in [0.1, 0.15) is 33.1 Å². The van der Waals surface area contributed by atoms with Crippen LogP contribution in [0.25, 0.3) is 0 Å². The van der Waals surface area contributed by atoms with E-state index in [1.807, 2.05) is 0 Å². The van der Waals surface area contributed by atoms with Crippen LogP contribution in [0.15, 0.2) is 0 Å². The lowest BCUT2D eigenvalue weighted by Gasteiger charge is -2.05. The van der Waals surface area contributed by atoms with Gasteiger partial charge in [-0.1, -0.05) is 20.3 Å². The zero-order chi connectivity index (χ0) is 8.69. The molecule has 3 heteroatoms. The summed E-state index contributed by atoms with van der Waals surface area (Å²) in [6.45, 7) is 4.18. The minimum absolute atomic E-state index is 0.180. The second-order valence-corrected chi connectivity index (χ2v) is 2.74. The number of amides is 2. The van der Waals surface area contributed by atoms with Gasteiger partial charge in [0.15, 0.2) is 0 Å². The van der Waals surface area contributed by atoms with Gasteiger partial charge in [0, 0.05) is 6.42 Å². The van der Waals surface area contributed by atoms with Gasteiger partial charge in [0.05, 0.1) is 0 Å². The molecule has 1 unspecified atom stereocenters. The van der Waals surface area contributed by atoms with Crippen LogP contribution in [-0.2, 0) is 9.59 Å². The maximum absolute atomic E-state index is 10.7. The van der Waals surface area contributed by atoms with E-state index < -0.39 is 0 Å². The van der Waals surface area contributed by atoms with Crippen LogP contribution in [0.2, 0.25) is 0 Å². The molecule has 2 amide bonds. The molecule has 0 aliphatic heterocycles. The summed E-state index contributed by atoms with van der Waals surface area (Å²) in [5.41, 5.74) is 0. The Labute approximate surface area is 67.2 Å². The van der Waals surface area contributed by atoms with Gasteiger partial charge in [0.25, 0.3) is 0 Å². The van der Waals surface area contributed by atoms with E-state index in [1.165, 1.54) is 0 Å². The summed E-state index contributed by atoms with van der Waals surface area (Å²) in [7, 11) is 0. The standard InChI is InChI=1S/C8H15NO2/c1-3-7(2)4-5-8(11)9-6-10/h6-7H,3-5H2,1-2H3,(H,9,10,11). The van der Waals surface area contributed by atoms with Gasteiger partial charge in [-0.15, -0.1) is 0 Å². The Morgan fingerprint density at radius 3 is 2.73 bits per heavy atom. The first kappa shape index (κ1) is 10.1. The number of hydrogen-bond donors (Lipinski definition) is 1. The maximum atomic E-state index is 10.7. The molecular weight excluding hydrogens is 142 g/mol. The number of carbonyl (C=O) groups excluding carboxylic acids is 2. The molecule has 11 heavy (non-hydrogen) atoms. The average Bonchev–Trinajstić information content (AvgIpc) is 2.01. The molecule has 0 saturated heterocycles. The van der Waals surface area contributed by atoms with Crippen LogP contribution in [0.4, 0.5) is 0 Å². The fraction of sp³-hybridized carbons (Fsp3) is 0.750. The van der Waals surface area contributed by atoms with Crippen molar-refractivity contribution in [1.82, 2.24) is 5.32 Å². The summed E-state index contributed by atoms with van der Waals surface area (Å²) in [6.07, 6.45) is 2.82. The van der Waals surface area contributed by atoms with Crippen molar-refractivity contribution in [3.63, 3.8) is 0 Å². The van der Waals surface area contributed by atoms with Crippen molar-refractivity contribution in [1.29, 1.82) is 0 Å². The predicted molar refractivity (Wildman–Crippen MR) is 42.9 cm³/mol. The smallest absolute Gasteiger partial charge is 0.226 e. The van der Waals surface area contributed by atoms with Crippen LogP contribution in [0.3, 0.4) is 0 Å². The van der Waals surface area contributed by atoms with Crippen molar-refractivity contribution in [3.05, 3.63) is 0 Å². The highest BCUT2D eigenvalue weighted by molar-refractivity contribution is 5.85. The van der Waals surface area contributed by atoms with Crippen molar-refractivity contribution in [2.45, 2.75) is 33.1 Å². The van der Waals surface area contributed by atoms with Gasteiger partial charge in [0.1, 0.15) is 0 Å². The molecule has 0 fully saturated rings. The van der Waals surface area contributed by atoms with Crippen molar-refractivity contribution in [2.75, 3.05) is 0 Å². The molecule has 0 heterocycles. The van der Waals surface area contributed by atoms with Gasteiger partial charge < -0.3 is 0 Å². The van der Waals surface area contributed by atoms with E-state index in [1.54, 1.807) is 0 Å². The Morgan fingerprint density at radius 2 is 2.27 bits per heavy atom. The molecule has 0 radical (unpaired) electrons. The van der Waals surface area contributed by atoms with E-state index >= 15 is 0 Å². The lowest BCUT2D eigenvalue weighted by molar-refractivity contribution is -0.125. The number of carbonyl (C=O) groups is 2. The van der Waals surface area contributed by atoms with Crippen molar-refractivity contribution in [2.24, 2.45) is 5.92 Å². The largest absolute Gasteiger partial charge is 0.299 e. The quantitative estimate of drug-likeness (QED) is 0.607. The molecule has 0 spiro atoms. The molecular formula is C8H15NO2. The third kappa shape index (κ3) is 5.58. The Balaban J connectivity index is 3.37. The van der Waals surface area contributed by atoms with Gasteiger partial charge in [-0.25, -0.2) is 0 Å². The van der Waals surface area contributed by atoms with E-state index in [0.29, 0.717) is 18.7 Å². The van der Waals surface area contributed by atoms with Gasteiger partial charge in [-0.2, -0.15) is 0 Å². The second-order valence-electron chi connectivity index (χ2n) is 2.74. The minimum Gasteiger partial charge on any atom is -0.299 e. The van der Waals surface area contributed by atoms with E-state index in [0.717, 1.165) is 12.8 Å². The van der Waals surface area contributed by atoms with E-state index in [2.05, 4.69) is 19.2 Å². The van der Waals surface area contributed by atoms with E-state index in [4.69, 9.17) is 0 Å². The van der Waals surface area contributed by atoms with Crippen LogP contribution in [0, 0.1) is 5.92 Å². The number of hydrogen-bond acceptors (Lipinski definition) is 2. The summed E-state index contributed by atoms with van der Waals surface area (Å²) < 4.78 is 0. The lowest BCUT2D eigenvalue weighted by atomic mass is 10.0. The first-order valence-electron chi connectivity index (χ1n) is 3.93. The summed E-state index contributed by atoms with van der Waals surface area (Å²) in [5, 5.41) is 2.11. The van der Waals surface area contributed by atoms with Crippen molar-refractivity contribution in [3.8, 4) is 0 Å². The van der Waals surface area contributed by atoms with E-state index in [-0.39, 0.29) is 5.91 Å². The summed E-state index contributed by atoms with van der Waals surface area (Å²) in [6, 6.07) is 0. The minimum atomic E-state index is -0.180. The molecule has 3 nitrogen and oxygen atoms in total. The predicted octanol–water partition coefficient (Wildman–Crippen LogP) is 1.09. The second kappa shape index (κ2) is 5.89. The fourth-order valence-electron chi connectivity index (χ4n) is 0.720. The van der Waals surface area contributed by atoms with Gasteiger partial charge >= 0.3 is 0 Å². The molecule has 0 saturated carbocycles. The van der Waals surface area contributed by atoms with Gasteiger partial charge in [-0.05, 0) is 12.3 Å². The molecule has 0 aromatic carbocycles. The highest BCUT2D eigenvalue weighted by Crippen LogP contribution is 2.08. The monoisotopic (exact) mass is 157 g/mol. The van der Waals surface area contributed by atoms with Crippen molar-refractivity contribution < 1.29 is 9.59 Å². The average molecular weight is 157 g/mol. The van der Waals surface area contributed by atoms with Crippen LogP contribution >= 0.6 is 0 Å². The van der Waals surface area contributed by atoms with Crippen molar-refractivity contribution >= 4 is 12.3 Å². The SMILES string of the molecule is CCC(C)CCC(=O)NC=O. The zero-order valence-electron chi connectivity index (χ0n) is 7.09. The number of nitrogens with one attached hydrogen (secondary N) is 1. The highest BCUT2D eigenvalue weighted by atomic mass is 16.2. The summed E-state index contributed by atoms with van der Waals surface area (Å²) in [5.74, 6) is 0.382. The van der Waals surface area contributed by atoms with Crippen LogP contribution in [-0.4, -0.2) is 12.3 Å². The fourth-order valence-corrected chi connectivity index (χ4v) is 0.720. The molecule has 0 rings (SSSR count). The Kier molecular flexibility index (Phi) is 5.43. The van der Waals surface area contributed by atoms with E-state index in [9.17, 15) is 9.59 Å². The number of imide groups is 1. The first-order chi connectivity index (χ1) is 5.20. The molecule has 0 bridgehead atoms. The molecule has 1 atom stereocenters. The highest BCUT2D eigenvalue weighted by Gasteiger charge is 2.03. The number of rotatable bonds is 5. The normalized spacial score (nSPS) is 12.2. The Bertz CT molecular complexity index is 134. The van der Waals surface area contributed by atoms with Gasteiger partial charge in [-0.3, -0.25) is 14.9 Å². The summed E-state index contributed by atoms with van der Waals surface area (Å²) >= 11 is 0. The molecule has 1 N–H and O–H groups in total. The topological polar surface area (TPSA) is 46.2 Å². The molecule has 0 aliphatic carbocycles.